The normalized spacial score (nSPS) is 17.2. The number of hydrogen-bond acceptors (Lipinski definition) is 6. The number of nitro benzene ring substituents is 1. The summed E-state index contributed by atoms with van der Waals surface area (Å²) in [6.45, 7) is 4.96. The Hall–Kier alpha value is -3.14. The SMILES string of the molecule is Cc1ccc([N+](=O)[O-])cc1N(CC(=O)NC1CC(C)(C)Oc2ccccc21)S(C)(=O)=O. The van der Waals surface area contributed by atoms with Crippen LogP contribution >= 0.6 is 0 Å². The third-order valence-electron chi connectivity index (χ3n) is 5.07. The molecule has 0 bridgehead atoms. The molecule has 166 valence electrons. The van der Waals surface area contributed by atoms with Crippen LogP contribution in [0, 0.1) is 17.0 Å². The summed E-state index contributed by atoms with van der Waals surface area (Å²) >= 11 is 0. The van der Waals surface area contributed by atoms with Crippen molar-refractivity contribution in [2.24, 2.45) is 0 Å². The fourth-order valence-electron chi connectivity index (χ4n) is 3.66. The minimum Gasteiger partial charge on any atom is -0.487 e. The number of carbonyl (C=O) groups excluding carboxylic acids is 1. The van der Waals surface area contributed by atoms with Crippen molar-refractivity contribution >= 4 is 27.3 Å². The van der Waals surface area contributed by atoms with Crippen LogP contribution in [0.15, 0.2) is 42.5 Å². The topological polar surface area (TPSA) is 119 Å². The number of aryl methyl sites for hydroxylation is 1. The molecule has 31 heavy (non-hydrogen) atoms. The van der Waals surface area contributed by atoms with Crippen LogP contribution in [0.2, 0.25) is 0 Å². The highest BCUT2D eigenvalue weighted by atomic mass is 32.2. The molecule has 1 unspecified atom stereocenters. The zero-order valence-electron chi connectivity index (χ0n) is 17.8. The highest BCUT2D eigenvalue weighted by Gasteiger charge is 2.35. The monoisotopic (exact) mass is 447 g/mol. The number of rotatable bonds is 6. The van der Waals surface area contributed by atoms with E-state index < -0.39 is 33.0 Å². The van der Waals surface area contributed by atoms with Crippen LogP contribution in [-0.2, 0) is 14.8 Å². The minimum atomic E-state index is -3.88. The predicted octanol–water partition coefficient (Wildman–Crippen LogP) is 3.09. The molecular formula is C21H25N3O6S. The first kappa shape index (κ1) is 22.5. The van der Waals surface area contributed by atoms with Gasteiger partial charge in [-0.25, -0.2) is 8.42 Å². The van der Waals surface area contributed by atoms with Gasteiger partial charge in [-0.3, -0.25) is 19.2 Å². The van der Waals surface area contributed by atoms with E-state index in [2.05, 4.69) is 5.32 Å². The van der Waals surface area contributed by atoms with Crippen LogP contribution in [0.1, 0.15) is 37.4 Å². The van der Waals surface area contributed by atoms with Gasteiger partial charge in [0, 0.05) is 24.1 Å². The number of amides is 1. The summed E-state index contributed by atoms with van der Waals surface area (Å²) in [6, 6.07) is 10.9. The Balaban J connectivity index is 1.88. The van der Waals surface area contributed by atoms with Crippen molar-refractivity contribution < 1.29 is 22.9 Å². The average Bonchev–Trinajstić information content (AvgIpc) is 2.65. The summed E-state index contributed by atoms with van der Waals surface area (Å²) in [5.74, 6) is 0.146. The van der Waals surface area contributed by atoms with Gasteiger partial charge in [0.25, 0.3) is 5.69 Å². The number of sulfonamides is 1. The van der Waals surface area contributed by atoms with Crippen LogP contribution in [0.4, 0.5) is 11.4 Å². The molecule has 1 heterocycles. The van der Waals surface area contributed by atoms with Gasteiger partial charge in [-0.1, -0.05) is 24.3 Å². The third kappa shape index (κ3) is 5.13. The van der Waals surface area contributed by atoms with Crippen molar-refractivity contribution in [3.8, 4) is 5.75 Å². The van der Waals surface area contributed by atoms with E-state index in [-0.39, 0.29) is 17.4 Å². The molecule has 1 N–H and O–H groups in total. The summed E-state index contributed by atoms with van der Waals surface area (Å²) in [5, 5.41) is 14.0. The number of hydrogen-bond donors (Lipinski definition) is 1. The van der Waals surface area contributed by atoms with Crippen molar-refractivity contribution in [3.63, 3.8) is 0 Å². The smallest absolute Gasteiger partial charge is 0.271 e. The van der Waals surface area contributed by atoms with Crippen molar-refractivity contribution in [3.05, 3.63) is 63.7 Å². The first-order chi connectivity index (χ1) is 14.4. The standard InChI is InChI=1S/C21H25N3O6S/c1-14-9-10-15(24(26)27)11-18(14)23(31(4,28)29)13-20(25)22-17-12-21(2,3)30-19-8-6-5-7-16(17)19/h5-11,17H,12-13H2,1-4H3,(H,22,25). The number of nitrogens with zero attached hydrogens (tertiary/aromatic N) is 2. The van der Waals surface area contributed by atoms with Crippen molar-refractivity contribution in [1.82, 2.24) is 5.32 Å². The van der Waals surface area contributed by atoms with E-state index in [4.69, 9.17) is 4.74 Å². The maximum Gasteiger partial charge on any atom is 0.271 e. The molecule has 0 aromatic heterocycles. The van der Waals surface area contributed by atoms with E-state index in [1.54, 1.807) is 6.92 Å². The summed E-state index contributed by atoms with van der Waals surface area (Å²) in [4.78, 5) is 23.4. The zero-order valence-corrected chi connectivity index (χ0v) is 18.6. The third-order valence-corrected chi connectivity index (χ3v) is 6.20. The van der Waals surface area contributed by atoms with Gasteiger partial charge in [0.1, 0.15) is 17.9 Å². The molecule has 2 aromatic rings. The molecule has 1 amide bonds. The Morgan fingerprint density at radius 1 is 1.29 bits per heavy atom. The molecule has 1 aliphatic rings. The van der Waals surface area contributed by atoms with Gasteiger partial charge in [0.15, 0.2) is 0 Å². The van der Waals surface area contributed by atoms with E-state index in [1.807, 2.05) is 38.1 Å². The van der Waals surface area contributed by atoms with E-state index in [9.17, 15) is 23.3 Å². The van der Waals surface area contributed by atoms with E-state index in [1.165, 1.54) is 12.1 Å². The fraction of sp³-hybridized carbons (Fsp3) is 0.381. The lowest BCUT2D eigenvalue weighted by molar-refractivity contribution is -0.384. The van der Waals surface area contributed by atoms with E-state index in [0.29, 0.717) is 17.7 Å². The van der Waals surface area contributed by atoms with Crippen LogP contribution in [0.25, 0.3) is 0 Å². The number of non-ortho nitro benzene ring substituents is 1. The Bertz CT molecular complexity index is 1130. The molecule has 0 saturated heterocycles. The van der Waals surface area contributed by atoms with E-state index >= 15 is 0 Å². The Morgan fingerprint density at radius 2 is 1.97 bits per heavy atom. The average molecular weight is 448 g/mol. The molecule has 0 radical (unpaired) electrons. The minimum absolute atomic E-state index is 0.0968. The number of para-hydroxylation sites is 1. The van der Waals surface area contributed by atoms with Crippen LogP contribution in [-0.4, -0.2) is 37.6 Å². The lowest BCUT2D eigenvalue weighted by Crippen LogP contribution is -2.45. The number of nitro groups is 1. The van der Waals surface area contributed by atoms with Gasteiger partial charge in [0.2, 0.25) is 15.9 Å². The Labute approximate surface area is 181 Å². The number of anilines is 1. The number of nitrogens with one attached hydrogen (secondary N) is 1. The van der Waals surface area contributed by atoms with Crippen LogP contribution in [0.3, 0.4) is 0 Å². The van der Waals surface area contributed by atoms with Crippen LogP contribution < -0.4 is 14.4 Å². The molecule has 10 heteroatoms. The quantitative estimate of drug-likeness (QED) is 0.537. The van der Waals surface area contributed by atoms with Crippen molar-refractivity contribution in [2.45, 2.75) is 38.8 Å². The van der Waals surface area contributed by atoms with Crippen molar-refractivity contribution in [1.29, 1.82) is 0 Å². The second kappa shape index (κ2) is 8.18. The molecule has 1 aliphatic heterocycles. The molecule has 2 aromatic carbocycles. The predicted molar refractivity (Wildman–Crippen MR) is 117 cm³/mol. The zero-order chi connectivity index (χ0) is 23.0. The second-order valence-electron chi connectivity index (χ2n) is 8.22. The summed E-state index contributed by atoms with van der Waals surface area (Å²) in [6.07, 6.45) is 1.47. The van der Waals surface area contributed by atoms with Gasteiger partial charge in [-0.2, -0.15) is 0 Å². The molecular weight excluding hydrogens is 422 g/mol. The van der Waals surface area contributed by atoms with Gasteiger partial charge < -0.3 is 10.1 Å². The molecule has 3 rings (SSSR count). The van der Waals surface area contributed by atoms with Crippen LogP contribution in [0.5, 0.6) is 5.75 Å². The van der Waals surface area contributed by atoms with Gasteiger partial charge in [0.05, 0.1) is 22.9 Å². The Kier molecular flexibility index (Phi) is 5.95. The molecule has 1 atom stereocenters. The molecule has 0 saturated carbocycles. The highest BCUT2D eigenvalue weighted by Crippen LogP contribution is 2.39. The maximum atomic E-state index is 12.9. The molecule has 9 nitrogen and oxygen atoms in total. The number of benzene rings is 2. The number of ether oxygens (including phenoxy) is 1. The lowest BCUT2D eigenvalue weighted by atomic mass is 9.89. The first-order valence-electron chi connectivity index (χ1n) is 9.67. The van der Waals surface area contributed by atoms with Gasteiger partial charge in [-0.05, 0) is 32.4 Å². The highest BCUT2D eigenvalue weighted by molar-refractivity contribution is 7.92. The Morgan fingerprint density at radius 3 is 2.61 bits per heavy atom. The molecule has 0 spiro atoms. The largest absolute Gasteiger partial charge is 0.487 e. The number of fused-ring (bicyclic) bond motifs is 1. The first-order valence-corrected chi connectivity index (χ1v) is 11.5. The summed E-state index contributed by atoms with van der Waals surface area (Å²) in [7, 11) is -3.88. The molecule has 0 aliphatic carbocycles. The lowest BCUT2D eigenvalue weighted by Gasteiger charge is -2.38. The fourth-order valence-corrected chi connectivity index (χ4v) is 4.57. The summed E-state index contributed by atoms with van der Waals surface area (Å²) < 4.78 is 31.8. The van der Waals surface area contributed by atoms with Gasteiger partial charge in [-0.15, -0.1) is 0 Å². The molecule has 0 fully saturated rings. The number of carbonyl (C=O) groups is 1. The van der Waals surface area contributed by atoms with Crippen molar-refractivity contribution in [2.75, 3.05) is 17.1 Å². The van der Waals surface area contributed by atoms with E-state index in [0.717, 1.165) is 22.2 Å². The second-order valence-corrected chi connectivity index (χ2v) is 10.1. The summed E-state index contributed by atoms with van der Waals surface area (Å²) in [5.41, 5.74) is 0.641. The van der Waals surface area contributed by atoms with Gasteiger partial charge >= 0.3 is 0 Å². The maximum absolute atomic E-state index is 12.9.